The van der Waals surface area contributed by atoms with Gasteiger partial charge in [-0.3, -0.25) is 0 Å². The van der Waals surface area contributed by atoms with Gasteiger partial charge in [-0.15, -0.1) is 23.9 Å². The van der Waals surface area contributed by atoms with E-state index in [2.05, 4.69) is 12.8 Å². The molecule has 1 aliphatic rings. The SMILES string of the molecule is C#CCN(c1nc(C)n(-c2cc(C)c(OC)cc2Cl)n1)[C@](C)(c1ccc(C)c(F)c1)C1CC1.Cl. The summed E-state index contributed by atoms with van der Waals surface area (Å²) in [4.78, 5) is 6.78. The predicted molar refractivity (Wildman–Crippen MR) is 137 cm³/mol. The molecule has 0 bridgehead atoms. The normalized spacial score (nSPS) is 14.6. The minimum Gasteiger partial charge on any atom is -0.496 e. The Labute approximate surface area is 211 Å². The van der Waals surface area contributed by atoms with Gasteiger partial charge >= 0.3 is 0 Å². The Morgan fingerprint density at radius 3 is 2.53 bits per heavy atom. The van der Waals surface area contributed by atoms with E-state index in [9.17, 15) is 4.39 Å². The molecule has 2 aromatic carbocycles. The molecule has 0 saturated heterocycles. The number of hydrogen-bond acceptors (Lipinski definition) is 4. The summed E-state index contributed by atoms with van der Waals surface area (Å²) < 4.78 is 21.7. The number of rotatable bonds is 7. The molecule has 0 amide bonds. The van der Waals surface area contributed by atoms with Crippen LogP contribution < -0.4 is 9.64 Å². The Morgan fingerprint density at radius 1 is 1.24 bits per heavy atom. The zero-order valence-corrected chi connectivity index (χ0v) is 21.6. The van der Waals surface area contributed by atoms with Crippen LogP contribution in [0.2, 0.25) is 5.02 Å². The van der Waals surface area contributed by atoms with Gasteiger partial charge in [0.1, 0.15) is 17.4 Å². The highest BCUT2D eigenvalue weighted by atomic mass is 35.5. The Hall–Kier alpha value is -2.75. The summed E-state index contributed by atoms with van der Waals surface area (Å²) in [6, 6.07) is 9.11. The molecule has 0 unspecified atom stereocenters. The Kier molecular flexibility index (Phi) is 7.50. The average molecular weight is 503 g/mol. The minimum atomic E-state index is -0.543. The second-order valence-corrected chi connectivity index (χ2v) is 9.23. The zero-order chi connectivity index (χ0) is 23.9. The molecule has 5 nitrogen and oxygen atoms in total. The van der Waals surface area contributed by atoms with Gasteiger partial charge in [-0.25, -0.2) is 9.07 Å². The summed E-state index contributed by atoms with van der Waals surface area (Å²) in [6.45, 7) is 7.99. The monoisotopic (exact) mass is 502 g/mol. The standard InChI is InChI=1S/C26H28ClFN4O.ClH/c1-7-12-31(26(5,19-10-11-19)20-9-8-16(2)22(28)14-20)25-29-18(4)32(30-25)23-13-17(3)24(33-6)15-21(23)27;/h1,8-9,13-15,19H,10-12H2,2-6H3;1H/t26-;/m0./s1. The lowest BCUT2D eigenvalue weighted by Gasteiger charge is -2.41. The maximum Gasteiger partial charge on any atom is 0.246 e. The molecule has 1 aromatic heterocycles. The van der Waals surface area contributed by atoms with E-state index in [4.69, 9.17) is 32.8 Å². The van der Waals surface area contributed by atoms with Crippen LogP contribution in [0.25, 0.3) is 5.69 Å². The topological polar surface area (TPSA) is 43.2 Å². The molecule has 0 N–H and O–H groups in total. The van der Waals surface area contributed by atoms with E-state index in [1.807, 2.05) is 36.9 Å². The maximum atomic E-state index is 14.6. The van der Waals surface area contributed by atoms with Crippen LogP contribution in [0.4, 0.5) is 10.3 Å². The lowest BCUT2D eigenvalue weighted by atomic mass is 9.84. The molecule has 34 heavy (non-hydrogen) atoms. The number of methoxy groups -OCH3 is 1. The third kappa shape index (κ3) is 4.47. The molecule has 4 rings (SSSR count). The number of ether oxygens (including phenoxy) is 1. The van der Waals surface area contributed by atoms with Crippen molar-refractivity contribution in [3.8, 4) is 23.8 Å². The highest BCUT2D eigenvalue weighted by Crippen LogP contribution is 2.50. The van der Waals surface area contributed by atoms with Crippen LogP contribution in [0.3, 0.4) is 0 Å². The quantitative estimate of drug-likeness (QED) is 0.361. The largest absolute Gasteiger partial charge is 0.496 e. The fourth-order valence-electron chi connectivity index (χ4n) is 4.45. The van der Waals surface area contributed by atoms with Gasteiger partial charge in [-0.2, -0.15) is 4.98 Å². The fraction of sp³-hybridized carbons (Fsp3) is 0.385. The maximum absolute atomic E-state index is 14.6. The van der Waals surface area contributed by atoms with Gasteiger partial charge in [0.05, 0.1) is 29.9 Å². The lowest BCUT2D eigenvalue weighted by Crippen LogP contribution is -2.47. The summed E-state index contributed by atoms with van der Waals surface area (Å²) in [5.74, 6) is 4.72. The number of anilines is 1. The van der Waals surface area contributed by atoms with Crippen molar-refractivity contribution in [2.24, 2.45) is 5.92 Å². The molecule has 1 fully saturated rings. The smallest absolute Gasteiger partial charge is 0.246 e. The van der Waals surface area contributed by atoms with Gasteiger partial charge in [0.25, 0.3) is 0 Å². The molecule has 0 spiro atoms. The van der Waals surface area contributed by atoms with Crippen LogP contribution in [-0.2, 0) is 5.54 Å². The van der Waals surface area contributed by atoms with Crippen LogP contribution in [0.15, 0.2) is 30.3 Å². The molecule has 1 saturated carbocycles. The van der Waals surface area contributed by atoms with Crippen molar-refractivity contribution in [3.05, 3.63) is 63.7 Å². The predicted octanol–water partition coefficient (Wildman–Crippen LogP) is 6.18. The van der Waals surface area contributed by atoms with Crippen molar-refractivity contribution in [1.82, 2.24) is 14.8 Å². The number of hydrogen-bond donors (Lipinski definition) is 0. The van der Waals surface area contributed by atoms with E-state index in [1.54, 1.807) is 30.8 Å². The molecule has 3 aromatic rings. The summed E-state index contributed by atoms with van der Waals surface area (Å²) in [5, 5.41) is 5.32. The van der Waals surface area contributed by atoms with Crippen molar-refractivity contribution in [3.63, 3.8) is 0 Å². The van der Waals surface area contributed by atoms with E-state index >= 15 is 0 Å². The van der Waals surface area contributed by atoms with Crippen LogP contribution in [0.5, 0.6) is 5.75 Å². The molecule has 8 heteroatoms. The molecule has 1 heterocycles. The summed E-state index contributed by atoms with van der Waals surface area (Å²) in [6.07, 6.45) is 7.86. The molecule has 0 aliphatic heterocycles. The van der Waals surface area contributed by atoms with Gasteiger partial charge in [0.15, 0.2) is 0 Å². The number of aromatic nitrogens is 3. The van der Waals surface area contributed by atoms with Crippen molar-refractivity contribution in [2.75, 3.05) is 18.6 Å². The number of benzene rings is 2. The minimum absolute atomic E-state index is 0. The zero-order valence-electron chi connectivity index (χ0n) is 20.0. The average Bonchev–Trinajstić information content (AvgIpc) is 3.58. The first kappa shape index (κ1) is 25.9. The Balaban J connectivity index is 0.00000324. The Morgan fingerprint density at radius 2 is 1.94 bits per heavy atom. The van der Waals surface area contributed by atoms with E-state index < -0.39 is 5.54 Å². The summed E-state index contributed by atoms with van der Waals surface area (Å²) in [7, 11) is 1.61. The van der Waals surface area contributed by atoms with E-state index in [0.717, 1.165) is 24.0 Å². The van der Waals surface area contributed by atoms with Crippen LogP contribution in [-0.4, -0.2) is 28.4 Å². The van der Waals surface area contributed by atoms with E-state index in [0.29, 0.717) is 46.3 Å². The summed E-state index contributed by atoms with van der Waals surface area (Å²) >= 11 is 6.56. The molecule has 0 radical (unpaired) electrons. The van der Waals surface area contributed by atoms with E-state index in [-0.39, 0.29) is 18.2 Å². The second-order valence-electron chi connectivity index (χ2n) is 8.82. The van der Waals surface area contributed by atoms with Crippen molar-refractivity contribution >= 4 is 30.0 Å². The highest BCUT2D eigenvalue weighted by Gasteiger charge is 2.48. The summed E-state index contributed by atoms with van der Waals surface area (Å²) in [5.41, 5.74) is 2.59. The van der Waals surface area contributed by atoms with Crippen molar-refractivity contribution in [2.45, 2.75) is 46.1 Å². The van der Waals surface area contributed by atoms with Crippen molar-refractivity contribution < 1.29 is 9.13 Å². The van der Waals surface area contributed by atoms with Gasteiger partial charge in [-0.1, -0.05) is 29.7 Å². The van der Waals surface area contributed by atoms with Crippen LogP contribution >= 0.6 is 24.0 Å². The van der Waals surface area contributed by atoms with Crippen LogP contribution in [0, 0.1) is 44.9 Å². The highest BCUT2D eigenvalue weighted by molar-refractivity contribution is 6.32. The number of terminal acetylenes is 1. The second kappa shape index (κ2) is 9.85. The number of nitrogens with zero attached hydrogens (tertiary/aromatic N) is 4. The number of halogens is 3. The molecular formula is C26H29Cl2FN4O. The van der Waals surface area contributed by atoms with Gasteiger partial charge in [0, 0.05) is 6.07 Å². The van der Waals surface area contributed by atoms with Crippen LogP contribution in [0.1, 0.15) is 42.3 Å². The molecule has 1 atom stereocenters. The first-order valence-corrected chi connectivity index (χ1v) is 11.3. The Bertz CT molecular complexity index is 1250. The number of aryl methyl sites for hydroxylation is 3. The van der Waals surface area contributed by atoms with Crippen molar-refractivity contribution in [1.29, 1.82) is 0 Å². The third-order valence-electron chi connectivity index (χ3n) is 6.63. The fourth-order valence-corrected chi connectivity index (χ4v) is 4.68. The first-order valence-electron chi connectivity index (χ1n) is 11.0. The molecule has 180 valence electrons. The molecular weight excluding hydrogens is 474 g/mol. The van der Waals surface area contributed by atoms with Gasteiger partial charge in [-0.05, 0) is 75.3 Å². The molecule has 1 aliphatic carbocycles. The van der Waals surface area contributed by atoms with E-state index in [1.165, 1.54) is 0 Å². The third-order valence-corrected chi connectivity index (χ3v) is 6.93. The first-order chi connectivity index (χ1) is 15.7. The van der Waals surface area contributed by atoms with Gasteiger partial charge in [0.2, 0.25) is 5.95 Å². The van der Waals surface area contributed by atoms with Gasteiger partial charge < -0.3 is 9.64 Å². The lowest BCUT2D eigenvalue weighted by molar-refractivity contribution is 0.385.